The van der Waals surface area contributed by atoms with Crippen LogP contribution in [0, 0.1) is 0 Å². The first-order chi connectivity index (χ1) is 48.7. The summed E-state index contributed by atoms with van der Waals surface area (Å²) in [5.41, 5.74) is 19.7. The maximum absolute atomic E-state index is 9.84. The van der Waals surface area contributed by atoms with E-state index >= 15 is 0 Å². The minimum absolute atomic E-state index is 0.0607. The zero-order valence-electron chi connectivity index (χ0n) is 60.3. The van der Waals surface area contributed by atoms with Gasteiger partial charge in [0.05, 0.1) is 58.3 Å². The third-order valence-corrected chi connectivity index (χ3v) is 19.3. The third kappa shape index (κ3) is 18.1. The van der Waals surface area contributed by atoms with Crippen LogP contribution >= 0.6 is 0 Å². The molecule has 0 unspecified atom stereocenters. The molecule has 21 aliphatic heterocycles. The van der Waals surface area contributed by atoms with Crippen LogP contribution in [0.15, 0.2) is 10.2 Å². The second-order valence-electron chi connectivity index (χ2n) is 24.4. The Kier molecular flexibility index (Phi) is 33.9. The molecule has 0 radical (unpaired) electrons. The van der Waals surface area contributed by atoms with Crippen molar-refractivity contribution in [2.75, 3.05) is 181 Å². The van der Waals surface area contributed by atoms with Crippen LogP contribution in [0.2, 0.25) is 0 Å². The Balaban J connectivity index is 1.25. The minimum Gasteiger partial charge on any atom is -0.382 e. The second-order valence-corrected chi connectivity index (χ2v) is 24.4. The van der Waals surface area contributed by atoms with E-state index < -0.39 is 215 Å². The first kappa shape index (κ1) is 82.9. The van der Waals surface area contributed by atoms with Crippen molar-refractivity contribution >= 4 is 0 Å². The smallest absolute Gasteiger partial charge is 0.187 e. The van der Waals surface area contributed by atoms with E-state index in [9.17, 15) is 11.1 Å². The molecule has 0 aromatic heterocycles. The first-order valence-electron chi connectivity index (χ1n) is 32.7. The van der Waals surface area contributed by atoms with Crippen molar-refractivity contribution < 1.29 is 156 Å². The van der Waals surface area contributed by atoms with Crippen molar-refractivity contribution in [1.82, 2.24) is 0 Å². The Labute approximate surface area is 582 Å². The molecule has 21 saturated heterocycles. The topological polar surface area (TPSA) is 402 Å². The largest absolute Gasteiger partial charge is 0.382 e. The highest BCUT2D eigenvalue weighted by Crippen LogP contribution is 2.43. The maximum Gasteiger partial charge on any atom is 0.187 e. The van der Waals surface area contributed by atoms with E-state index in [-0.39, 0.29) is 46.1 Å². The molecule has 14 bridgehead atoms. The van der Waals surface area contributed by atoms with Crippen LogP contribution in [0.25, 0.3) is 20.9 Å². The summed E-state index contributed by atoms with van der Waals surface area (Å²) in [4.78, 5) is 6.12. The Morgan fingerprint density at radius 2 is 0.350 bits per heavy atom. The van der Waals surface area contributed by atoms with E-state index in [1.54, 1.807) is 0 Å². The molecule has 0 aromatic rings. The minimum atomic E-state index is -1.40. The Morgan fingerprint density at radius 3 is 0.480 bits per heavy atom. The van der Waals surface area contributed by atoms with Crippen molar-refractivity contribution in [1.29, 1.82) is 0 Å². The number of ether oxygens (including phenoxy) is 33. The number of methoxy groups -OCH3 is 19. The maximum atomic E-state index is 9.84. The number of azide groups is 2. The highest BCUT2D eigenvalue weighted by atomic mass is 16.8. The lowest BCUT2D eigenvalue weighted by Crippen LogP contribution is -2.69. The van der Waals surface area contributed by atoms with Crippen molar-refractivity contribution in [3.05, 3.63) is 20.9 Å². The zero-order valence-corrected chi connectivity index (χ0v) is 60.3. The molecule has 21 heterocycles. The summed E-state index contributed by atoms with van der Waals surface area (Å²) in [6.45, 7) is -1.09. The average Bonchev–Trinajstić information content (AvgIpc) is 0.766. The molecule has 578 valence electrons. The van der Waals surface area contributed by atoms with Gasteiger partial charge in [-0.1, -0.05) is 10.2 Å². The fraction of sp³-hybridized carbons (Fsp3) is 1.00. The normalized spacial score (nSPS) is 45.1. The van der Waals surface area contributed by atoms with Gasteiger partial charge in [-0.05, 0) is 11.1 Å². The molecular formula is C61H106N6O33. The fourth-order valence-electron chi connectivity index (χ4n) is 14.8. The summed E-state index contributed by atoms with van der Waals surface area (Å²) in [7, 11) is 27.9. The molecule has 21 rings (SSSR count). The lowest BCUT2D eigenvalue weighted by Gasteiger charge is -2.52. The van der Waals surface area contributed by atoms with Gasteiger partial charge in [0, 0.05) is 145 Å². The first-order valence-corrected chi connectivity index (χ1v) is 32.7. The van der Waals surface area contributed by atoms with Crippen molar-refractivity contribution in [3.8, 4) is 0 Å². The zero-order chi connectivity index (χ0) is 72.3. The van der Waals surface area contributed by atoms with Gasteiger partial charge in [-0.3, -0.25) is 0 Å². The number of hydrogen-bond donors (Lipinski definition) is 0. The van der Waals surface area contributed by atoms with Crippen molar-refractivity contribution in [2.24, 2.45) is 10.2 Å². The van der Waals surface area contributed by atoms with Gasteiger partial charge in [-0.25, -0.2) is 0 Å². The molecule has 35 atom stereocenters. The van der Waals surface area contributed by atoms with E-state index in [4.69, 9.17) is 156 Å². The summed E-state index contributed by atoms with van der Waals surface area (Å²) < 4.78 is 213. The van der Waals surface area contributed by atoms with Gasteiger partial charge in [0.1, 0.15) is 159 Å². The van der Waals surface area contributed by atoms with Crippen LogP contribution in [0.3, 0.4) is 0 Å². The molecule has 0 aliphatic carbocycles. The molecule has 21 aliphatic rings. The summed E-state index contributed by atoms with van der Waals surface area (Å²) in [5.74, 6) is 0. The fourth-order valence-corrected chi connectivity index (χ4v) is 14.8. The van der Waals surface area contributed by atoms with Gasteiger partial charge in [-0.15, -0.1) is 0 Å². The highest BCUT2D eigenvalue weighted by Gasteiger charge is 2.62. The van der Waals surface area contributed by atoms with Gasteiger partial charge in [0.15, 0.2) is 44.0 Å². The van der Waals surface area contributed by atoms with Crippen molar-refractivity contribution in [2.45, 2.75) is 215 Å². The van der Waals surface area contributed by atoms with E-state index in [2.05, 4.69) is 20.1 Å². The van der Waals surface area contributed by atoms with Gasteiger partial charge in [0.2, 0.25) is 0 Å². The number of rotatable bonds is 28. The van der Waals surface area contributed by atoms with Gasteiger partial charge < -0.3 is 156 Å². The standard InChI is InChI=1S/C61H106N6O33/c1-68-22-29-36-43(75-8)51(83-16)58(90-29)98-38-31(24-70-3)92-60(53(85-18)45(38)77-10)100-40-33(26-72-5)93-61(54(86-19)47(40)79-12)99-39-32(25-71-4)91-59(52(84-17)46(39)78-11)97-37-30(23-69-2)89-57(50(82-15)44(37)76-9)95-35-28(21-65-67-63)87-55(48(80-13)42(35)74-7)94-34-27(20-64-66-62)88-56(96-36)49(81-14)41(34)73-6/h27-61H,20-26H2,1-19H3/t27-,28-,29-,30-,31-,32-,33-,34-,35-,36-,37-,38-,39-,40-,41-,42+,43-,44+,45+,46+,47+,48-,49-,50-,51+,52-,53-,54-,55-,56-,57-,58-,59-,60-,61-/m1/s1. The molecule has 0 amide bonds. The summed E-state index contributed by atoms with van der Waals surface area (Å²) in [5, 5.41) is 7.85. The molecule has 0 saturated carbocycles. The van der Waals surface area contributed by atoms with Crippen LogP contribution in [-0.4, -0.2) is 396 Å². The Morgan fingerprint density at radius 1 is 0.210 bits per heavy atom. The van der Waals surface area contributed by atoms with Gasteiger partial charge >= 0.3 is 0 Å². The van der Waals surface area contributed by atoms with Crippen LogP contribution in [0.4, 0.5) is 0 Å². The van der Waals surface area contributed by atoms with Crippen LogP contribution < -0.4 is 0 Å². The monoisotopic (exact) mass is 1450 g/mol. The van der Waals surface area contributed by atoms with Gasteiger partial charge in [-0.2, -0.15) is 0 Å². The molecule has 21 fully saturated rings. The molecule has 0 aromatic carbocycles. The Bertz CT molecular complexity index is 2430. The van der Waals surface area contributed by atoms with Crippen LogP contribution in [0.5, 0.6) is 0 Å². The van der Waals surface area contributed by atoms with Crippen LogP contribution in [-0.2, 0) is 156 Å². The average molecular weight is 1450 g/mol. The number of nitrogens with zero attached hydrogens (tertiary/aromatic N) is 6. The van der Waals surface area contributed by atoms with Crippen LogP contribution in [0.1, 0.15) is 0 Å². The van der Waals surface area contributed by atoms with Gasteiger partial charge in [0.25, 0.3) is 0 Å². The molecule has 100 heavy (non-hydrogen) atoms. The second kappa shape index (κ2) is 40.9. The predicted molar refractivity (Wildman–Crippen MR) is 333 cm³/mol. The molecule has 39 heteroatoms. The quantitative estimate of drug-likeness (QED) is 0.0557. The summed E-state index contributed by atoms with van der Waals surface area (Å²) in [6, 6.07) is 0. The summed E-state index contributed by atoms with van der Waals surface area (Å²) in [6.07, 6.45) is -38.9. The van der Waals surface area contributed by atoms with E-state index in [0.29, 0.717) is 0 Å². The van der Waals surface area contributed by atoms with Crippen molar-refractivity contribution in [3.63, 3.8) is 0 Å². The highest BCUT2D eigenvalue weighted by molar-refractivity contribution is 5.05. The Hall–Kier alpha value is -2.70. The lowest BCUT2D eigenvalue weighted by atomic mass is 9.94. The molecule has 0 N–H and O–H groups in total. The molecule has 0 spiro atoms. The summed E-state index contributed by atoms with van der Waals surface area (Å²) >= 11 is 0. The predicted octanol–water partition coefficient (Wildman–Crippen LogP) is -0.167. The third-order valence-electron chi connectivity index (χ3n) is 19.3. The lowest BCUT2D eigenvalue weighted by molar-refractivity contribution is -0.402. The number of hydrogen-bond acceptors (Lipinski definition) is 35. The van der Waals surface area contributed by atoms with E-state index in [1.165, 1.54) is 135 Å². The van der Waals surface area contributed by atoms with E-state index in [1.807, 2.05) is 0 Å². The molecular weight excluding hydrogens is 1340 g/mol. The molecule has 39 nitrogen and oxygen atoms in total. The van der Waals surface area contributed by atoms with E-state index in [0.717, 1.165) is 0 Å². The SMILES string of the molecule is COC[C@H]1O[C@@H]2O[C@H]3[C@H](OC)[C@@H](OC)[C@@H](O[C@H]4[C@H](OC)[C@@H](OC)[C@@H](O[C@H]5[C@H](OC)[C@@H](OC)[C@@H](O[C@H]6[C@H](OC)[C@@H](OC)[C@@H](O[C@H]7[C@@H](OC)[C@@H](OC)[C@@H](O[C@H]8[C@@H](OC)[C@H](OC)[C@@H](O[C@H]1[C@H](OC)[C@H]2OC)O[C@@H]8COC)O[C@@H]7CN=[N+]=[N-])O[C@@H]6CN=[N+]=[N-])O[C@@H]5COC)O[C@@H]4COC)O[C@@H]3COC.